The van der Waals surface area contributed by atoms with Crippen LogP contribution in [0.25, 0.3) is 10.8 Å². The highest BCUT2D eigenvalue weighted by atomic mass is 79.9. The highest BCUT2D eigenvalue weighted by Crippen LogP contribution is 2.18. The molecule has 0 aliphatic carbocycles. The zero-order chi connectivity index (χ0) is 14.7. The van der Waals surface area contributed by atoms with Gasteiger partial charge in [0.25, 0.3) is 0 Å². The summed E-state index contributed by atoms with van der Waals surface area (Å²) in [5.74, 6) is 0.171. The molecule has 0 saturated heterocycles. The number of carbonyl (C=O) groups is 1. The Balaban J connectivity index is 0.00000176. The molecule has 1 aromatic heterocycles. The van der Waals surface area contributed by atoms with E-state index in [0.717, 1.165) is 6.42 Å². The van der Waals surface area contributed by atoms with Gasteiger partial charge >= 0.3 is 0 Å². The Bertz CT molecular complexity index is 784. The number of pyridine rings is 1. The van der Waals surface area contributed by atoms with Gasteiger partial charge in [-0.05, 0) is 17.0 Å². The summed E-state index contributed by atoms with van der Waals surface area (Å²) in [5.41, 5.74) is 2.45. The number of hydrogen-bond acceptors (Lipinski definition) is 1. The number of benzene rings is 2. The number of Topliss-reactive ketones (excluding diaryl/α,β-unsaturated/α-hetero) is 1. The summed E-state index contributed by atoms with van der Waals surface area (Å²) in [5, 5.41) is 2.42. The predicted molar refractivity (Wildman–Crippen MR) is 84.1 cm³/mol. The van der Waals surface area contributed by atoms with Crippen molar-refractivity contribution in [2.45, 2.75) is 19.9 Å². The third kappa shape index (κ3) is 3.60. The molecule has 0 amide bonds. The Hall–Kier alpha value is -2.00. The van der Waals surface area contributed by atoms with E-state index < -0.39 is 0 Å². The lowest BCUT2D eigenvalue weighted by molar-refractivity contribution is -0.689. The molecule has 0 unspecified atom stereocenters. The van der Waals surface area contributed by atoms with Gasteiger partial charge in [-0.2, -0.15) is 4.57 Å². The summed E-state index contributed by atoms with van der Waals surface area (Å²) in [6.07, 6.45) is 2.84. The first-order valence-electron chi connectivity index (χ1n) is 7.17. The zero-order valence-electron chi connectivity index (χ0n) is 12.5. The molecule has 3 heteroatoms. The summed E-state index contributed by atoms with van der Waals surface area (Å²) in [6, 6.07) is 20.8. The van der Waals surface area contributed by atoms with Crippen LogP contribution >= 0.6 is 0 Å². The van der Waals surface area contributed by atoms with Crippen molar-refractivity contribution in [1.82, 2.24) is 0 Å². The van der Waals surface area contributed by atoms with E-state index in [-0.39, 0.29) is 22.8 Å². The van der Waals surface area contributed by atoms with E-state index in [9.17, 15) is 4.79 Å². The van der Waals surface area contributed by atoms with Crippen LogP contribution in [0.5, 0.6) is 0 Å². The fourth-order valence-corrected chi connectivity index (χ4v) is 2.69. The molecule has 0 atom stereocenters. The van der Waals surface area contributed by atoms with Crippen LogP contribution in [0.3, 0.4) is 0 Å². The highest BCUT2D eigenvalue weighted by Gasteiger charge is 2.16. The van der Waals surface area contributed by atoms with Gasteiger partial charge < -0.3 is 17.0 Å². The van der Waals surface area contributed by atoms with Gasteiger partial charge in [-0.15, -0.1) is 0 Å². The lowest BCUT2D eigenvalue weighted by atomic mass is 10.0. The van der Waals surface area contributed by atoms with Crippen LogP contribution in [0.2, 0.25) is 0 Å². The Morgan fingerprint density at radius 3 is 2.36 bits per heavy atom. The Morgan fingerprint density at radius 1 is 0.955 bits per heavy atom. The lowest BCUT2D eigenvalue weighted by Gasteiger charge is -2.07. The molecule has 0 aliphatic heterocycles. The van der Waals surface area contributed by atoms with E-state index in [1.54, 1.807) is 6.92 Å². The summed E-state index contributed by atoms with van der Waals surface area (Å²) in [4.78, 5) is 11.5. The minimum Gasteiger partial charge on any atom is -1.00 e. The molecule has 3 rings (SSSR count). The normalized spacial score (nSPS) is 10.2. The van der Waals surface area contributed by atoms with E-state index in [2.05, 4.69) is 53.1 Å². The van der Waals surface area contributed by atoms with Crippen LogP contribution in [0.4, 0.5) is 0 Å². The molecule has 1 heterocycles. The smallest absolute Gasteiger partial charge is 0.206 e. The molecule has 0 aliphatic rings. The number of fused-ring (bicyclic) bond motifs is 1. The average Bonchev–Trinajstić information content (AvgIpc) is 2.50. The quantitative estimate of drug-likeness (QED) is 0.617. The molecule has 0 fully saturated rings. The first-order valence-corrected chi connectivity index (χ1v) is 7.17. The fraction of sp³-hybridized carbons (Fsp3) is 0.158. The largest absolute Gasteiger partial charge is 1.00 e. The van der Waals surface area contributed by atoms with Crippen molar-refractivity contribution in [2.75, 3.05) is 0 Å². The molecule has 2 aromatic carbocycles. The monoisotopic (exact) mass is 355 g/mol. The predicted octanol–water partition coefficient (Wildman–Crippen LogP) is 0.311. The fourth-order valence-electron chi connectivity index (χ4n) is 2.69. The lowest BCUT2D eigenvalue weighted by Crippen LogP contribution is -3.00. The molecule has 0 bridgehead atoms. The molecule has 0 spiro atoms. The van der Waals surface area contributed by atoms with Crippen LogP contribution in [0, 0.1) is 0 Å². The Morgan fingerprint density at radius 2 is 1.64 bits per heavy atom. The summed E-state index contributed by atoms with van der Waals surface area (Å²) in [6.45, 7) is 2.06. The topological polar surface area (TPSA) is 20.9 Å². The SMILES string of the molecule is CC(=O)C[n+]1ccc2ccccc2c1Cc1ccccc1.[Br-]. The van der Waals surface area contributed by atoms with Gasteiger partial charge in [-0.25, -0.2) is 0 Å². The standard InChI is InChI=1S/C19H18NO.BrH/c1-15(21)14-20-12-11-17-9-5-6-10-18(17)19(20)13-16-7-3-2-4-8-16;/h2-12H,13-14H2,1H3;1H/q+1;/p-1. The van der Waals surface area contributed by atoms with Gasteiger partial charge in [0.1, 0.15) is 0 Å². The third-order valence-electron chi connectivity index (χ3n) is 3.66. The van der Waals surface area contributed by atoms with Crippen LogP contribution in [0.1, 0.15) is 18.2 Å². The van der Waals surface area contributed by atoms with Gasteiger partial charge in [-0.1, -0.05) is 48.5 Å². The van der Waals surface area contributed by atoms with Crippen LogP contribution in [0.15, 0.2) is 66.9 Å². The van der Waals surface area contributed by atoms with Gasteiger partial charge in [-0.3, -0.25) is 4.79 Å². The van der Waals surface area contributed by atoms with Crippen LogP contribution < -0.4 is 21.5 Å². The van der Waals surface area contributed by atoms with E-state index >= 15 is 0 Å². The maximum atomic E-state index is 11.5. The Kier molecular flexibility index (Phi) is 5.45. The molecular weight excluding hydrogens is 338 g/mol. The van der Waals surface area contributed by atoms with E-state index in [1.807, 2.05) is 18.3 Å². The molecule has 0 saturated carbocycles. The first kappa shape index (κ1) is 16.4. The van der Waals surface area contributed by atoms with Crippen molar-refractivity contribution in [2.24, 2.45) is 0 Å². The maximum absolute atomic E-state index is 11.5. The highest BCUT2D eigenvalue weighted by molar-refractivity contribution is 5.83. The number of carbonyl (C=O) groups excluding carboxylic acids is 1. The van der Waals surface area contributed by atoms with Crippen molar-refractivity contribution < 1.29 is 26.3 Å². The van der Waals surface area contributed by atoms with Crippen LogP contribution in [-0.4, -0.2) is 5.78 Å². The van der Waals surface area contributed by atoms with E-state index in [4.69, 9.17) is 0 Å². The minimum atomic E-state index is 0. The number of hydrogen-bond donors (Lipinski definition) is 0. The second-order valence-corrected chi connectivity index (χ2v) is 5.34. The molecule has 2 nitrogen and oxygen atoms in total. The van der Waals surface area contributed by atoms with Gasteiger partial charge in [0, 0.05) is 18.4 Å². The van der Waals surface area contributed by atoms with Gasteiger partial charge in [0.15, 0.2) is 17.7 Å². The third-order valence-corrected chi connectivity index (χ3v) is 3.66. The number of aromatic nitrogens is 1. The Labute approximate surface area is 141 Å². The summed E-state index contributed by atoms with van der Waals surface area (Å²) < 4.78 is 2.07. The molecule has 0 radical (unpaired) electrons. The number of ketones is 1. The molecule has 112 valence electrons. The average molecular weight is 356 g/mol. The van der Waals surface area contributed by atoms with Gasteiger partial charge in [0.2, 0.25) is 6.54 Å². The second kappa shape index (κ2) is 7.32. The van der Waals surface area contributed by atoms with Crippen molar-refractivity contribution in [3.8, 4) is 0 Å². The minimum absolute atomic E-state index is 0. The van der Waals surface area contributed by atoms with Gasteiger partial charge in [0.05, 0.1) is 6.42 Å². The number of halogens is 1. The van der Waals surface area contributed by atoms with Crippen molar-refractivity contribution in [3.63, 3.8) is 0 Å². The molecule has 22 heavy (non-hydrogen) atoms. The first-order chi connectivity index (χ1) is 10.2. The second-order valence-electron chi connectivity index (χ2n) is 5.34. The molecule has 3 aromatic rings. The van der Waals surface area contributed by atoms with E-state index in [0.29, 0.717) is 6.54 Å². The number of rotatable bonds is 4. The van der Waals surface area contributed by atoms with Crippen molar-refractivity contribution in [3.05, 3.63) is 78.1 Å². The molecular formula is C19H18BrNO. The summed E-state index contributed by atoms with van der Waals surface area (Å²) >= 11 is 0. The number of nitrogens with zero attached hydrogens (tertiary/aromatic N) is 1. The van der Waals surface area contributed by atoms with Crippen molar-refractivity contribution >= 4 is 16.6 Å². The van der Waals surface area contributed by atoms with Crippen LogP contribution in [-0.2, 0) is 17.8 Å². The van der Waals surface area contributed by atoms with E-state index in [1.165, 1.54) is 22.0 Å². The van der Waals surface area contributed by atoms with Crippen molar-refractivity contribution in [1.29, 1.82) is 0 Å². The summed E-state index contributed by atoms with van der Waals surface area (Å²) in [7, 11) is 0. The maximum Gasteiger partial charge on any atom is 0.206 e. The molecule has 0 N–H and O–H groups in total. The zero-order valence-corrected chi connectivity index (χ0v) is 14.1.